The first kappa shape index (κ1) is 11.3. The lowest BCUT2D eigenvalue weighted by Crippen LogP contribution is -1.90. The number of nitrogens with one attached hydrogen (secondary N) is 1. The lowest BCUT2D eigenvalue weighted by Gasteiger charge is -2.01. The summed E-state index contributed by atoms with van der Waals surface area (Å²) in [5.41, 5.74) is 2.25. The van der Waals surface area contributed by atoms with Gasteiger partial charge in [0, 0.05) is 16.0 Å². The highest BCUT2D eigenvalue weighted by Gasteiger charge is 2.10. The fraction of sp³-hybridized carbons (Fsp3) is 0.333. The van der Waals surface area contributed by atoms with Crippen LogP contribution in [0.15, 0.2) is 22.7 Å². The van der Waals surface area contributed by atoms with Crippen LogP contribution in [-0.4, -0.2) is 15.2 Å². The molecular weight excluding hydrogens is 266 g/mol. The number of aryl methyl sites for hydroxylation is 1. The summed E-state index contributed by atoms with van der Waals surface area (Å²) in [7, 11) is 0. The first-order valence-electron chi connectivity index (χ1n) is 5.26. The molecule has 2 rings (SSSR count). The summed E-state index contributed by atoms with van der Waals surface area (Å²) in [6.45, 7) is 6.25. The van der Waals surface area contributed by atoms with Gasteiger partial charge in [-0.15, -0.1) is 0 Å². The standard InChI is InChI=1S/C12H14BrN3/c1-7(2)11-14-12(16-15-11)10-6-9(13)5-4-8(10)3/h4-7H,1-3H3,(H,14,15,16). The van der Waals surface area contributed by atoms with Crippen LogP contribution in [0.25, 0.3) is 11.4 Å². The van der Waals surface area contributed by atoms with Gasteiger partial charge in [0.05, 0.1) is 0 Å². The van der Waals surface area contributed by atoms with Crippen LogP contribution in [0, 0.1) is 6.92 Å². The average molecular weight is 280 g/mol. The summed E-state index contributed by atoms with van der Waals surface area (Å²) in [6.07, 6.45) is 0. The van der Waals surface area contributed by atoms with Crippen LogP contribution in [0.2, 0.25) is 0 Å². The van der Waals surface area contributed by atoms with Crippen molar-refractivity contribution in [2.45, 2.75) is 26.7 Å². The molecule has 84 valence electrons. The van der Waals surface area contributed by atoms with Crippen molar-refractivity contribution in [2.75, 3.05) is 0 Å². The highest BCUT2D eigenvalue weighted by Crippen LogP contribution is 2.24. The molecule has 0 unspecified atom stereocenters. The summed E-state index contributed by atoms with van der Waals surface area (Å²) in [4.78, 5) is 4.49. The highest BCUT2D eigenvalue weighted by atomic mass is 79.9. The molecule has 0 aliphatic rings. The van der Waals surface area contributed by atoms with Crippen molar-refractivity contribution in [3.05, 3.63) is 34.1 Å². The molecule has 0 fully saturated rings. The molecule has 0 saturated carbocycles. The normalized spacial score (nSPS) is 11.1. The van der Waals surface area contributed by atoms with Gasteiger partial charge in [0.15, 0.2) is 5.82 Å². The zero-order chi connectivity index (χ0) is 11.7. The Hall–Kier alpha value is -1.16. The van der Waals surface area contributed by atoms with Crippen molar-refractivity contribution in [1.29, 1.82) is 0 Å². The molecule has 1 heterocycles. The van der Waals surface area contributed by atoms with Crippen molar-refractivity contribution in [1.82, 2.24) is 15.2 Å². The Morgan fingerprint density at radius 1 is 1.31 bits per heavy atom. The molecule has 0 spiro atoms. The van der Waals surface area contributed by atoms with Crippen molar-refractivity contribution in [3.8, 4) is 11.4 Å². The van der Waals surface area contributed by atoms with Gasteiger partial charge >= 0.3 is 0 Å². The van der Waals surface area contributed by atoms with E-state index in [-0.39, 0.29) is 0 Å². The number of rotatable bonds is 2. The predicted molar refractivity (Wildman–Crippen MR) is 68.3 cm³/mol. The molecule has 1 aromatic carbocycles. The average Bonchev–Trinajstić information content (AvgIpc) is 2.70. The first-order valence-corrected chi connectivity index (χ1v) is 6.06. The molecule has 3 nitrogen and oxygen atoms in total. The summed E-state index contributed by atoms with van der Waals surface area (Å²) in [6, 6.07) is 6.13. The monoisotopic (exact) mass is 279 g/mol. The Balaban J connectivity index is 2.46. The Morgan fingerprint density at radius 3 is 2.69 bits per heavy atom. The van der Waals surface area contributed by atoms with E-state index in [9.17, 15) is 0 Å². The third-order valence-electron chi connectivity index (χ3n) is 2.49. The Kier molecular flexibility index (Phi) is 3.10. The predicted octanol–water partition coefficient (Wildman–Crippen LogP) is 3.67. The fourth-order valence-corrected chi connectivity index (χ4v) is 1.85. The van der Waals surface area contributed by atoms with E-state index in [2.05, 4.69) is 57.9 Å². The number of aromatic amines is 1. The van der Waals surface area contributed by atoms with Gasteiger partial charge in [-0.25, -0.2) is 4.98 Å². The van der Waals surface area contributed by atoms with Crippen molar-refractivity contribution in [3.63, 3.8) is 0 Å². The summed E-state index contributed by atoms with van der Waals surface area (Å²) in [5.74, 6) is 2.06. The molecule has 16 heavy (non-hydrogen) atoms. The molecule has 0 amide bonds. The summed E-state index contributed by atoms with van der Waals surface area (Å²) >= 11 is 3.46. The van der Waals surface area contributed by atoms with Gasteiger partial charge in [-0.3, -0.25) is 5.10 Å². The summed E-state index contributed by atoms with van der Waals surface area (Å²) in [5, 5.41) is 7.23. The topological polar surface area (TPSA) is 41.6 Å². The third kappa shape index (κ3) is 2.16. The second-order valence-corrected chi connectivity index (χ2v) is 5.07. The number of aromatic nitrogens is 3. The number of halogens is 1. The Bertz CT molecular complexity index is 503. The van der Waals surface area contributed by atoms with Crippen molar-refractivity contribution >= 4 is 15.9 Å². The molecule has 1 aromatic heterocycles. The van der Waals surface area contributed by atoms with Crippen LogP contribution in [0.5, 0.6) is 0 Å². The maximum atomic E-state index is 4.49. The molecular formula is C12H14BrN3. The lowest BCUT2D eigenvalue weighted by molar-refractivity contribution is 0.781. The molecule has 0 bridgehead atoms. The number of H-pyrrole nitrogens is 1. The van der Waals surface area contributed by atoms with Crippen LogP contribution >= 0.6 is 15.9 Å². The molecule has 0 atom stereocenters. The number of hydrogen-bond donors (Lipinski definition) is 1. The largest absolute Gasteiger partial charge is 0.262 e. The van der Waals surface area contributed by atoms with E-state index in [0.29, 0.717) is 5.92 Å². The minimum Gasteiger partial charge on any atom is -0.262 e. The smallest absolute Gasteiger partial charge is 0.181 e. The van der Waals surface area contributed by atoms with Gasteiger partial charge in [-0.05, 0) is 24.6 Å². The first-order chi connectivity index (χ1) is 7.58. The molecule has 2 aromatic rings. The van der Waals surface area contributed by atoms with E-state index in [1.807, 2.05) is 12.1 Å². The highest BCUT2D eigenvalue weighted by molar-refractivity contribution is 9.10. The van der Waals surface area contributed by atoms with E-state index in [1.54, 1.807) is 0 Å². The minimum atomic E-state index is 0.369. The lowest BCUT2D eigenvalue weighted by atomic mass is 10.1. The molecule has 0 aliphatic carbocycles. The van der Waals surface area contributed by atoms with Gasteiger partial charge in [0.25, 0.3) is 0 Å². The van der Waals surface area contributed by atoms with Crippen LogP contribution < -0.4 is 0 Å². The van der Waals surface area contributed by atoms with Crippen molar-refractivity contribution in [2.24, 2.45) is 0 Å². The van der Waals surface area contributed by atoms with E-state index in [4.69, 9.17) is 0 Å². The van der Waals surface area contributed by atoms with Crippen LogP contribution in [0.1, 0.15) is 31.2 Å². The van der Waals surface area contributed by atoms with E-state index in [1.165, 1.54) is 5.56 Å². The zero-order valence-electron chi connectivity index (χ0n) is 9.58. The zero-order valence-corrected chi connectivity index (χ0v) is 11.2. The van der Waals surface area contributed by atoms with Gasteiger partial charge in [-0.2, -0.15) is 5.10 Å². The van der Waals surface area contributed by atoms with E-state index in [0.717, 1.165) is 21.7 Å². The quantitative estimate of drug-likeness (QED) is 0.912. The third-order valence-corrected chi connectivity index (χ3v) is 2.98. The van der Waals surface area contributed by atoms with Gasteiger partial charge in [-0.1, -0.05) is 35.8 Å². The summed E-state index contributed by atoms with van der Waals surface area (Å²) < 4.78 is 1.05. The molecule has 0 radical (unpaired) electrons. The maximum absolute atomic E-state index is 4.49. The fourth-order valence-electron chi connectivity index (χ4n) is 1.49. The molecule has 0 saturated heterocycles. The second kappa shape index (κ2) is 4.37. The van der Waals surface area contributed by atoms with Crippen LogP contribution in [0.3, 0.4) is 0 Å². The SMILES string of the molecule is Cc1ccc(Br)cc1-c1n[nH]c(C(C)C)n1. The molecule has 1 N–H and O–H groups in total. The number of hydrogen-bond acceptors (Lipinski definition) is 2. The van der Waals surface area contributed by atoms with E-state index < -0.39 is 0 Å². The second-order valence-electron chi connectivity index (χ2n) is 4.16. The van der Waals surface area contributed by atoms with Gasteiger partial charge < -0.3 is 0 Å². The van der Waals surface area contributed by atoms with Crippen LogP contribution in [-0.2, 0) is 0 Å². The van der Waals surface area contributed by atoms with Gasteiger partial charge in [0.2, 0.25) is 0 Å². The Labute approximate surface area is 103 Å². The Morgan fingerprint density at radius 2 is 2.06 bits per heavy atom. The number of benzene rings is 1. The van der Waals surface area contributed by atoms with Crippen molar-refractivity contribution < 1.29 is 0 Å². The number of nitrogens with zero attached hydrogens (tertiary/aromatic N) is 2. The van der Waals surface area contributed by atoms with Crippen LogP contribution in [0.4, 0.5) is 0 Å². The molecule has 0 aliphatic heterocycles. The van der Waals surface area contributed by atoms with Gasteiger partial charge in [0.1, 0.15) is 5.82 Å². The maximum Gasteiger partial charge on any atom is 0.181 e. The molecule has 4 heteroatoms. The van der Waals surface area contributed by atoms with E-state index >= 15 is 0 Å². The minimum absolute atomic E-state index is 0.369.